The van der Waals surface area contributed by atoms with E-state index in [9.17, 15) is 4.79 Å². The third kappa shape index (κ3) is 2.26. The fourth-order valence-electron chi connectivity index (χ4n) is 1.21. The Morgan fingerprint density at radius 3 is 3.00 bits per heavy atom. The molecule has 1 aromatic heterocycles. The van der Waals surface area contributed by atoms with Gasteiger partial charge in [-0.25, -0.2) is 9.97 Å². The number of likely N-dealkylation sites (tertiary alicyclic amines) is 1. The standard InChI is InChI=1S/C9H11N3O2/c13-9(6-12-4-1-5-12)14-8-2-3-10-7-11-8/h2-3,7H,1,4-6H2. The van der Waals surface area contributed by atoms with E-state index in [0.29, 0.717) is 12.4 Å². The minimum absolute atomic E-state index is 0.261. The molecular weight excluding hydrogens is 182 g/mol. The molecule has 0 radical (unpaired) electrons. The van der Waals surface area contributed by atoms with Crippen LogP contribution in [0.1, 0.15) is 6.42 Å². The number of nitrogens with zero attached hydrogens (tertiary/aromatic N) is 3. The van der Waals surface area contributed by atoms with Crippen molar-refractivity contribution in [1.82, 2.24) is 14.9 Å². The van der Waals surface area contributed by atoms with Crippen molar-refractivity contribution in [3.63, 3.8) is 0 Å². The molecule has 5 nitrogen and oxygen atoms in total. The number of carbonyl (C=O) groups excluding carboxylic acids is 1. The van der Waals surface area contributed by atoms with Crippen molar-refractivity contribution in [2.24, 2.45) is 0 Å². The Kier molecular flexibility index (Phi) is 2.69. The van der Waals surface area contributed by atoms with Crippen LogP contribution in [-0.2, 0) is 4.79 Å². The van der Waals surface area contributed by atoms with Crippen LogP contribution in [0.15, 0.2) is 18.6 Å². The predicted octanol–water partition coefficient (Wildman–Crippen LogP) is 0.0877. The molecule has 0 saturated carbocycles. The molecule has 1 aliphatic heterocycles. The molecule has 1 fully saturated rings. The summed E-state index contributed by atoms with van der Waals surface area (Å²) in [6, 6.07) is 1.56. The zero-order valence-corrected chi connectivity index (χ0v) is 7.72. The number of rotatable bonds is 3. The van der Waals surface area contributed by atoms with Crippen molar-refractivity contribution in [1.29, 1.82) is 0 Å². The fraction of sp³-hybridized carbons (Fsp3) is 0.444. The molecule has 1 aromatic rings. The first kappa shape index (κ1) is 9.08. The summed E-state index contributed by atoms with van der Waals surface area (Å²) in [4.78, 5) is 20.8. The summed E-state index contributed by atoms with van der Waals surface area (Å²) in [6.07, 6.45) is 4.06. The number of hydrogen-bond donors (Lipinski definition) is 0. The van der Waals surface area contributed by atoms with Crippen molar-refractivity contribution in [2.75, 3.05) is 19.6 Å². The van der Waals surface area contributed by atoms with Gasteiger partial charge in [-0.15, -0.1) is 0 Å². The third-order valence-corrected chi connectivity index (χ3v) is 2.07. The number of ether oxygens (including phenoxy) is 1. The zero-order chi connectivity index (χ0) is 9.80. The summed E-state index contributed by atoms with van der Waals surface area (Å²) in [6.45, 7) is 2.32. The molecule has 0 spiro atoms. The van der Waals surface area contributed by atoms with Gasteiger partial charge in [-0.05, 0) is 19.5 Å². The normalized spacial score (nSPS) is 16.0. The molecule has 1 saturated heterocycles. The van der Waals surface area contributed by atoms with Crippen molar-refractivity contribution in [3.05, 3.63) is 18.6 Å². The van der Waals surface area contributed by atoms with E-state index in [-0.39, 0.29) is 5.97 Å². The fourth-order valence-corrected chi connectivity index (χ4v) is 1.21. The topological polar surface area (TPSA) is 55.3 Å². The summed E-state index contributed by atoms with van der Waals surface area (Å²) in [5.41, 5.74) is 0. The van der Waals surface area contributed by atoms with Crippen molar-refractivity contribution >= 4 is 5.97 Å². The quantitative estimate of drug-likeness (QED) is 0.637. The van der Waals surface area contributed by atoms with Crippen LogP contribution < -0.4 is 4.74 Å². The van der Waals surface area contributed by atoms with Crippen LogP contribution in [-0.4, -0.2) is 40.5 Å². The van der Waals surface area contributed by atoms with E-state index in [1.165, 1.54) is 12.7 Å². The summed E-state index contributed by atoms with van der Waals surface area (Å²) in [5.74, 6) is 0.0499. The van der Waals surface area contributed by atoms with Gasteiger partial charge in [0, 0.05) is 12.3 Å². The zero-order valence-electron chi connectivity index (χ0n) is 7.72. The van der Waals surface area contributed by atoms with Crippen LogP contribution in [0.2, 0.25) is 0 Å². The number of hydrogen-bond acceptors (Lipinski definition) is 5. The molecule has 5 heteroatoms. The number of carbonyl (C=O) groups is 1. The van der Waals surface area contributed by atoms with E-state index in [0.717, 1.165) is 13.1 Å². The lowest BCUT2D eigenvalue weighted by Gasteiger charge is -2.29. The van der Waals surface area contributed by atoms with Crippen LogP contribution in [0.25, 0.3) is 0 Å². The molecule has 74 valence electrons. The van der Waals surface area contributed by atoms with Gasteiger partial charge in [0.1, 0.15) is 6.33 Å². The molecule has 0 N–H and O–H groups in total. The molecule has 2 rings (SSSR count). The molecule has 0 unspecified atom stereocenters. The highest BCUT2D eigenvalue weighted by Gasteiger charge is 2.18. The summed E-state index contributed by atoms with van der Waals surface area (Å²) >= 11 is 0. The van der Waals surface area contributed by atoms with Crippen LogP contribution in [0.5, 0.6) is 5.88 Å². The Hall–Kier alpha value is -1.49. The summed E-state index contributed by atoms with van der Waals surface area (Å²) in [5, 5.41) is 0. The van der Waals surface area contributed by atoms with Crippen LogP contribution in [0, 0.1) is 0 Å². The lowest BCUT2D eigenvalue weighted by Crippen LogP contribution is -2.41. The molecule has 0 aromatic carbocycles. The second-order valence-electron chi connectivity index (χ2n) is 3.15. The second-order valence-corrected chi connectivity index (χ2v) is 3.15. The van der Waals surface area contributed by atoms with Crippen molar-refractivity contribution < 1.29 is 9.53 Å². The highest BCUT2D eigenvalue weighted by Crippen LogP contribution is 2.07. The Morgan fingerprint density at radius 1 is 1.57 bits per heavy atom. The van der Waals surface area contributed by atoms with Gasteiger partial charge in [0.2, 0.25) is 5.88 Å². The Balaban J connectivity index is 1.82. The van der Waals surface area contributed by atoms with Crippen molar-refractivity contribution in [3.8, 4) is 5.88 Å². The number of aromatic nitrogens is 2. The van der Waals surface area contributed by atoms with Gasteiger partial charge in [-0.3, -0.25) is 9.69 Å². The highest BCUT2D eigenvalue weighted by molar-refractivity contribution is 5.74. The van der Waals surface area contributed by atoms with E-state index >= 15 is 0 Å². The van der Waals surface area contributed by atoms with Gasteiger partial charge in [0.15, 0.2) is 0 Å². The van der Waals surface area contributed by atoms with Crippen LogP contribution in [0.3, 0.4) is 0 Å². The number of esters is 1. The summed E-state index contributed by atoms with van der Waals surface area (Å²) < 4.78 is 4.99. The molecule has 14 heavy (non-hydrogen) atoms. The minimum atomic E-state index is -0.261. The second kappa shape index (κ2) is 4.15. The smallest absolute Gasteiger partial charge is 0.326 e. The molecule has 0 amide bonds. The van der Waals surface area contributed by atoms with E-state index in [4.69, 9.17) is 4.74 Å². The van der Waals surface area contributed by atoms with E-state index < -0.39 is 0 Å². The van der Waals surface area contributed by atoms with E-state index in [2.05, 4.69) is 9.97 Å². The van der Waals surface area contributed by atoms with Gasteiger partial charge in [-0.1, -0.05) is 0 Å². The molecule has 2 heterocycles. The maximum atomic E-state index is 11.3. The van der Waals surface area contributed by atoms with Gasteiger partial charge in [-0.2, -0.15) is 0 Å². The van der Waals surface area contributed by atoms with Crippen LogP contribution >= 0.6 is 0 Å². The molecule has 1 aliphatic rings. The van der Waals surface area contributed by atoms with Crippen molar-refractivity contribution in [2.45, 2.75) is 6.42 Å². The van der Waals surface area contributed by atoms with Crippen LogP contribution in [0.4, 0.5) is 0 Å². The van der Waals surface area contributed by atoms with Gasteiger partial charge >= 0.3 is 5.97 Å². The monoisotopic (exact) mass is 193 g/mol. The third-order valence-electron chi connectivity index (χ3n) is 2.07. The first-order valence-corrected chi connectivity index (χ1v) is 4.53. The maximum absolute atomic E-state index is 11.3. The Labute approximate surface area is 81.7 Å². The molecule has 0 atom stereocenters. The molecular formula is C9H11N3O2. The van der Waals surface area contributed by atoms with E-state index in [1.807, 2.05) is 4.90 Å². The van der Waals surface area contributed by atoms with Gasteiger partial charge < -0.3 is 4.74 Å². The highest BCUT2D eigenvalue weighted by atomic mass is 16.5. The Bertz CT molecular complexity index is 311. The van der Waals surface area contributed by atoms with Gasteiger partial charge in [0.25, 0.3) is 0 Å². The Morgan fingerprint density at radius 2 is 2.43 bits per heavy atom. The molecule has 0 aliphatic carbocycles. The summed E-state index contributed by atoms with van der Waals surface area (Å²) in [7, 11) is 0. The lowest BCUT2D eigenvalue weighted by atomic mass is 10.2. The minimum Gasteiger partial charge on any atom is -0.406 e. The lowest BCUT2D eigenvalue weighted by molar-refractivity contribution is -0.136. The van der Waals surface area contributed by atoms with E-state index in [1.54, 1.807) is 12.3 Å². The SMILES string of the molecule is O=C(CN1CCC1)Oc1ccncn1. The first-order chi connectivity index (χ1) is 6.84. The van der Waals surface area contributed by atoms with Gasteiger partial charge in [0.05, 0.1) is 6.54 Å². The molecule has 0 bridgehead atoms. The predicted molar refractivity (Wildman–Crippen MR) is 48.7 cm³/mol. The largest absolute Gasteiger partial charge is 0.406 e. The maximum Gasteiger partial charge on any atom is 0.326 e. The average Bonchev–Trinajstić information content (AvgIpc) is 2.13. The average molecular weight is 193 g/mol. The first-order valence-electron chi connectivity index (χ1n) is 4.53.